The van der Waals surface area contributed by atoms with Gasteiger partial charge in [0.2, 0.25) is 0 Å². The van der Waals surface area contributed by atoms with Crippen LogP contribution in [0, 0.1) is 5.82 Å². The highest BCUT2D eigenvalue weighted by Crippen LogP contribution is 2.41. The lowest BCUT2D eigenvalue weighted by Crippen LogP contribution is -2.38. The van der Waals surface area contributed by atoms with E-state index < -0.39 is 0 Å². The molecule has 1 aliphatic carbocycles. The first-order valence-electron chi connectivity index (χ1n) is 8.06. The fraction of sp³-hybridized carbons (Fsp3) is 0.316. The molecule has 2 N–H and O–H groups in total. The van der Waals surface area contributed by atoms with E-state index in [2.05, 4.69) is 15.6 Å². The van der Waals surface area contributed by atoms with E-state index in [0.717, 1.165) is 29.3 Å². The summed E-state index contributed by atoms with van der Waals surface area (Å²) in [4.78, 5) is 4.24. The predicted molar refractivity (Wildman–Crippen MR) is 109 cm³/mol. The normalized spacial score (nSPS) is 18.9. The lowest BCUT2D eigenvalue weighted by Gasteiger charge is -2.12. The molecule has 6 heteroatoms. The van der Waals surface area contributed by atoms with E-state index in [1.54, 1.807) is 20.2 Å². The number of nitrogens with zero attached hydrogens (tertiary/aromatic N) is 1. The lowest BCUT2D eigenvalue weighted by atomic mass is 10.1. The van der Waals surface area contributed by atoms with Gasteiger partial charge in [0.1, 0.15) is 11.6 Å². The Morgan fingerprint density at radius 3 is 2.56 bits per heavy atom. The Hall–Kier alpha value is -1.83. The molecule has 2 unspecified atom stereocenters. The largest absolute Gasteiger partial charge is 0.497 e. The van der Waals surface area contributed by atoms with Crippen molar-refractivity contribution in [2.45, 2.75) is 24.9 Å². The number of aliphatic imine (C=N–C) groups is 1. The average Bonchev–Trinajstić information content (AvgIpc) is 3.38. The van der Waals surface area contributed by atoms with Crippen molar-refractivity contribution in [3.63, 3.8) is 0 Å². The zero-order chi connectivity index (χ0) is 16.9. The number of hydrogen-bond donors (Lipinski definition) is 2. The summed E-state index contributed by atoms with van der Waals surface area (Å²) in [6.07, 6.45) is 0.921. The Kier molecular flexibility index (Phi) is 7.04. The molecule has 1 saturated carbocycles. The molecular formula is C19H23FIN3O. The van der Waals surface area contributed by atoms with Gasteiger partial charge in [-0.25, -0.2) is 4.39 Å². The van der Waals surface area contributed by atoms with Gasteiger partial charge in [0.25, 0.3) is 0 Å². The topological polar surface area (TPSA) is 45.7 Å². The number of rotatable bonds is 5. The molecule has 1 aliphatic rings. The first-order chi connectivity index (χ1) is 11.7. The van der Waals surface area contributed by atoms with Gasteiger partial charge in [-0.05, 0) is 35.7 Å². The summed E-state index contributed by atoms with van der Waals surface area (Å²) in [7, 11) is 3.39. The summed E-state index contributed by atoms with van der Waals surface area (Å²) >= 11 is 0. The van der Waals surface area contributed by atoms with Crippen LogP contribution >= 0.6 is 24.0 Å². The van der Waals surface area contributed by atoms with Crippen molar-refractivity contribution in [2.75, 3.05) is 14.2 Å². The second kappa shape index (κ2) is 9.03. The Balaban J connectivity index is 0.00000225. The molecule has 2 atom stereocenters. The fourth-order valence-electron chi connectivity index (χ4n) is 2.77. The number of halogens is 2. The first-order valence-corrected chi connectivity index (χ1v) is 8.06. The molecule has 0 saturated heterocycles. The molecule has 4 nitrogen and oxygen atoms in total. The van der Waals surface area contributed by atoms with Gasteiger partial charge in [0.15, 0.2) is 5.96 Å². The van der Waals surface area contributed by atoms with Crippen molar-refractivity contribution in [2.24, 2.45) is 4.99 Å². The summed E-state index contributed by atoms with van der Waals surface area (Å²) in [6.45, 7) is 0.667. The molecular weight excluding hydrogens is 432 g/mol. The molecule has 25 heavy (non-hydrogen) atoms. The van der Waals surface area contributed by atoms with Crippen molar-refractivity contribution in [3.05, 3.63) is 65.5 Å². The van der Waals surface area contributed by atoms with Crippen LogP contribution < -0.4 is 15.4 Å². The summed E-state index contributed by atoms with van der Waals surface area (Å²) in [5.41, 5.74) is 1.92. The SMILES string of the molecule is CN=C(NCc1ccc(OC)cc1)NC1CC1c1ccccc1F.I. The molecule has 2 aromatic carbocycles. The highest BCUT2D eigenvalue weighted by Gasteiger charge is 2.40. The number of benzene rings is 2. The van der Waals surface area contributed by atoms with E-state index >= 15 is 0 Å². The molecule has 0 heterocycles. The maximum absolute atomic E-state index is 13.8. The third-order valence-corrected chi connectivity index (χ3v) is 4.26. The summed E-state index contributed by atoms with van der Waals surface area (Å²) in [6, 6.07) is 15.1. The third-order valence-electron chi connectivity index (χ3n) is 4.26. The second-order valence-electron chi connectivity index (χ2n) is 5.89. The first kappa shape index (κ1) is 19.5. The van der Waals surface area contributed by atoms with Crippen LogP contribution in [0.25, 0.3) is 0 Å². The maximum atomic E-state index is 13.8. The maximum Gasteiger partial charge on any atom is 0.191 e. The second-order valence-corrected chi connectivity index (χ2v) is 5.89. The number of nitrogens with one attached hydrogen (secondary N) is 2. The van der Waals surface area contributed by atoms with Crippen LogP contribution in [-0.4, -0.2) is 26.2 Å². The van der Waals surface area contributed by atoms with E-state index in [9.17, 15) is 4.39 Å². The molecule has 0 radical (unpaired) electrons. The predicted octanol–water partition coefficient (Wildman–Crippen LogP) is 3.67. The minimum atomic E-state index is -0.132. The zero-order valence-electron chi connectivity index (χ0n) is 14.3. The van der Waals surface area contributed by atoms with Gasteiger partial charge in [0.05, 0.1) is 7.11 Å². The summed E-state index contributed by atoms with van der Waals surface area (Å²) in [5.74, 6) is 1.65. The van der Waals surface area contributed by atoms with E-state index in [-0.39, 0.29) is 41.8 Å². The smallest absolute Gasteiger partial charge is 0.191 e. The van der Waals surface area contributed by atoms with Gasteiger partial charge in [-0.15, -0.1) is 24.0 Å². The molecule has 1 fully saturated rings. The Labute approximate surface area is 164 Å². The van der Waals surface area contributed by atoms with E-state index in [0.29, 0.717) is 6.54 Å². The van der Waals surface area contributed by atoms with Gasteiger partial charge < -0.3 is 15.4 Å². The molecule has 0 amide bonds. The Morgan fingerprint density at radius 2 is 1.92 bits per heavy atom. The molecule has 0 bridgehead atoms. The minimum Gasteiger partial charge on any atom is -0.497 e. The minimum absolute atomic E-state index is 0. The van der Waals surface area contributed by atoms with Crippen molar-refractivity contribution >= 4 is 29.9 Å². The molecule has 3 rings (SSSR count). The molecule has 0 aromatic heterocycles. The number of methoxy groups -OCH3 is 1. The van der Waals surface area contributed by atoms with Gasteiger partial charge >= 0.3 is 0 Å². The third kappa shape index (κ3) is 5.07. The van der Waals surface area contributed by atoms with Crippen molar-refractivity contribution in [1.29, 1.82) is 0 Å². The van der Waals surface area contributed by atoms with Crippen LogP contribution in [0.5, 0.6) is 5.75 Å². The van der Waals surface area contributed by atoms with Gasteiger partial charge in [-0.2, -0.15) is 0 Å². The molecule has 2 aromatic rings. The monoisotopic (exact) mass is 455 g/mol. The Morgan fingerprint density at radius 1 is 1.20 bits per heavy atom. The number of hydrogen-bond acceptors (Lipinski definition) is 2. The van der Waals surface area contributed by atoms with Gasteiger partial charge in [0, 0.05) is 25.6 Å². The molecule has 134 valence electrons. The standard InChI is InChI=1S/C19H22FN3O.HI/c1-21-19(22-12-13-7-9-14(24-2)10-8-13)23-18-11-16(18)15-5-3-4-6-17(15)20;/h3-10,16,18H,11-12H2,1-2H3,(H2,21,22,23);1H. The van der Waals surface area contributed by atoms with Crippen molar-refractivity contribution in [1.82, 2.24) is 10.6 Å². The van der Waals surface area contributed by atoms with Crippen LogP contribution in [0.15, 0.2) is 53.5 Å². The lowest BCUT2D eigenvalue weighted by molar-refractivity contribution is 0.414. The highest BCUT2D eigenvalue weighted by molar-refractivity contribution is 14.0. The fourth-order valence-corrected chi connectivity index (χ4v) is 2.77. The van der Waals surface area contributed by atoms with Crippen LogP contribution in [0.2, 0.25) is 0 Å². The van der Waals surface area contributed by atoms with Gasteiger partial charge in [-0.3, -0.25) is 4.99 Å². The number of ether oxygens (including phenoxy) is 1. The Bertz CT molecular complexity index is 721. The number of guanidine groups is 1. The quantitative estimate of drug-likeness (QED) is 0.411. The van der Waals surface area contributed by atoms with E-state index in [1.807, 2.05) is 36.4 Å². The average molecular weight is 455 g/mol. The van der Waals surface area contributed by atoms with Crippen LogP contribution in [-0.2, 0) is 6.54 Å². The van der Waals surface area contributed by atoms with E-state index in [4.69, 9.17) is 4.74 Å². The van der Waals surface area contributed by atoms with E-state index in [1.165, 1.54) is 6.07 Å². The van der Waals surface area contributed by atoms with Crippen LogP contribution in [0.3, 0.4) is 0 Å². The van der Waals surface area contributed by atoms with Crippen LogP contribution in [0.4, 0.5) is 4.39 Å². The van der Waals surface area contributed by atoms with Gasteiger partial charge in [-0.1, -0.05) is 30.3 Å². The zero-order valence-corrected chi connectivity index (χ0v) is 16.7. The molecule has 0 aliphatic heterocycles. The highest BCUT2D eigenvalue weighted by atomic mass is 127. The van der Waals surface area contributed by atoms with Crippen LogP contribution in [0.1, 0.15) is 23.5 Å². The van der Waals surface area contributed by atoms with Crippen molar-refractivity contribution in [3.8, 4) is 5.75 Å². The molecule has 0 spiro atoms. The van der Waals surface area contributed by atoms with Crippen molar-refractivity contribution < 1.29 is 9.13 Å². The summed E-state index contributed by atoms with van der Waals surface area (Å²) < 4.78 is 19.0. The summed E-state index contributed by atoms with van der Waals surface area (Å²) in [5, 5.41) is 6.64.